The Morgan fingerprint density at radius 3 is 2.19 bits per heavy atom. The lowest BCUT2D eigenvalue weighted by molar-refractivity contribution is -0.133. The van der Waals surface area contributed by atoms with Gasteiger partial charge in [0.2, 0.25) is 5.91 Å². The van der Waals surface area contributed by atoms with E-state index in [1.165, 1.54) is 23.1 Å². The molecule has 2 heterocycles. The van der Waals surface area contributed by atoms with Crippen molar-refractivity contribution < 1.29 is 9.59 Å². The third-order valence-electron chi connectivity index (χ3n) is 9.86. The highest BCUT2D eigenvalue weighted by atomic mass is 16.2. The molecule has 1 N–H and O–H groups in total. The lowest BCUT2D eigenvalue weighted by Crippen LogP contribution is -2.44. The summed E-state index contributed by atoms with van der Waals surface area (Å²) in [6, 6.07) is 22.8. The summed E-state index contributed by atoms with van der Waals surface area (Å²) in [6.45, 7) is 10.0. The van der Waals surface area contributed by atoms with Gasteiger partial charge in [-0.25, -0.2) is 0 Å². The van der Waals surface area contributed by atoms with Crippen molar-refractivity contribution in [2.24, 2.45) is 5.92 Å². The van der Waals surface area contributed by atoms with E-state index in [-0.39, 0.29) is 23.1 Å². The van der Waals surface area contributed by atoms with Crippen molar-refractivity contribution in [3.8, 4) is 0 Å². The van der Waals surface area contributed by atoms with Gasteiger partial charge in [-0.15, -0.1) is 0 Å². The number of carbonyl (C=O) groups excluding carboxylic acids is 2. The maximum atomic E-state index is 14.5. The Morgan fingerprint density at radius 2 is 1.57 bits per heavy atom. The highest BCUT2D eigenvalue weighted by Crippen LogP contribution is 2.49. The van der Waals surface area contributed by atoms with E-state index in [4.69, 9.17) is 5.41 Å². The number of amides is 2. The Balaban J connectivity index is 1.33. The standard InChI is InChI=1S/C37H43N3O2/c1-25-14-17-30(18-15-25)37(29-12-6-5-7-13-29)21-33(38)40(35(37)42)22-26-16-19-32(36(2,3)4)31(20-26)34(41)39-23-27-10-8-9-11-28(27)24-39/h8-11,14-20,29,38H,5-7,12-13,21-24H2,1-4H3. The van der Waals surface area contributed by atoms with Gasteiger partial charge in [-0.3, -0.25) is 19.9 Å². The van der Waals surface area contributed by atoms with E-state index >= 15 is 0 Å². The number of amidine groups is 1. The van der Waals surface area contributed by atoms with Gasteiger partial charge in [0.15, 0.2) is 0 Å². The molecule has 2 fully saturated rings. The molecule has 1 atom stereocenters. The maximum absolute atomic E-state index is 14.5. The predicted octanol–water partition coefficient (Wildman–Crippen LogP) is 7.68. The van der Waals surface area contributed by atoms with Gasteiger partial charge in [0, 0.05) is 25.1 Å². The van der Waals surface area contributed by atoms with Gasteiger partial charge in [-0.2, -0.15) is 0 Å². The maximum Gasteiger partial charge on any atom is 0.254 e. The van der Waals surface area contributed by atoms with Crippen molar-refractivity contribution in [1.29, 1.82) is 5.41 Å². The van der Waals surface area contributed by atoms with Crippen LogP contribution in [0.25, 0.3) is 0 Å². The van der Waals surface area contributed by atoms with Crippen LogP contribution >= 0.6 is 0 Å². The Kier molecular flexibility index (Phi) is 7.32. The zero-order valence-electron chi connectivity index (χ0n) is 25.5. The monoisotopic (exact) mass is 561 g/mol. The second kappa shape index (κ2) is 10.8. The number of fused-ring (bicyclic) bond motifs is 1. The SMILES string of the molecule is Cc1ccc(C2(C3CCCCC3)CC(=N)N(Cc3ccc(C(C)(C)C)c(C(=O)N4Cc5ccccc5C4)c3)C2=O)cc1. The van der Waals surface area contributed by atoms with Crippen molar-refractivity contribution in [2.75, 3.05) is 0 Å². The molecule has 1 saturated heterocycles. The number of rotatable bonds is 5. The molecule has 42 heavy (non-hydrogen) atoms. The molecular weight excluding hydrogens is 518 g/mol. The Hall–Kier alpha value is -3.73. The van der Waals surface area contributed by atoms with Crippen LogP contribution < -0.4 is 0 Å². The first-order valence-electron chi connectivity index (χ1n) is 15.5. The number of benzene rings is 3. The van der Waals surface area contributed by atoms with Crippen LogP contribution in [0.15, 0.2) is 66.7 Å². The average molecular weight is 562 g/mol. The number of aryl methyl sites for hydroxylation is 1. The van der Waals surface area contributed by atoms with Gasteiger partial charge in [0.1, 0.15) is 5.84 Å². The third-order valence-corrected chi connectivity index (χ3v) is 9.86. The van der Waals surface area contributed by atoms with Crippen LogP contribution in [-0.2, 0) is 35.3 Å². The zero-order valence-corrected chi connectivity index (χ0v) is 25.5. The van der Waals surface area contributed by atoms with Gasteiger partial charge in [-0.05, 0) is 65.0 Å². The number of hydrogen-bond acceptors (Lipinski definition) is 3. The van der Waals surface area contributed by atoms with Gasteiger partial charge in [0.25, 0.3) is 5.91 Å². The summed E-state index contributed by atoms with van der Waals surface area (Å²) in [5.41, 5.74) is 6.32. The van der Waals surface area contributed by atoms with Crippen LogP contribution in [0.5, 0.6) is 0 Å². The van der Waals surface area contributed by atoms with E-state index in [1.807, 2.05) is 29.2 Å². The summed E-state index contributed by atoms with van der Waals surface area (Å²) in [7, 11) is 0. The second-order valence-electron chi connectivity index (χ2n) is 13.7. The molecule has 0 aromatic heterocycles. The first kappa shape index (κ1) is 28.4. The van der Waals surface area contributed by atoms with Crippen molar-refractivity contribution in [3.05, 3.63) is 106 Å². The van der Waals surface area contributed by atoms with Crippen LogP contribution in [0, 0.1) is 18.3 Å². The molecule has 2 amide bonds. The molecule has 3 aromatic rings. The molecular formula is C37H43N3O2. The summed E-state index contributed by atoms with van der Waals surface area (Å²) in [5, 5.41) is 9.07. The second-order valence-corrected chi connectivity index (χ2v) is 13.7. The molecule has 3 aromatic carbocycles. The fraction of sp³-hybridized carbons (Fsp3) is 0.432. The smallest absolute Gasteiger partial charge is 0.254 e. The summed E-state index contributed by atoms with van der Waals surface area (Å²) >= 11 is 0. The zero-order chi connectivity index (χ0) is 29.6. The molecule has 5 nitrogen and oxygen atoms in total. The molecule has 2 aliphatic heterocycles. The minimum absolute atomic E-state index is 0.0250. The van der Waals surface area contributed by atoms with Crippen molar-refractivity contribution in [2.45, 2.75) is 96.7 Å². The average Bonchev–Trinajstić information content (AvgIpc) is 3.52. The number of hydrogen-bond donors (Lipinski definition) is 1. The van der Waals surface area contributed by atoms with Gasteiger partial charge >= 0.3 is 0 Å². The molecule has 3 aliphatic rings. The van der Waals surface area contributed by atoms with Gasteiger partial charge < -0.3 is 4.90 Å². The molecule has 1 aliphatic carbocycles. The normalized spacial score (nSPS) is 21.2. The van der Waals surface area contributed by atoms with Crippen LogP contribution in [0.4, 0.5) is 0 Å². The van der Waals surface area contributed by atoms with Crippen molar-refractivity contribution in [1.82, 2.24) is 9.80 Å². The molecule has 0 bridgehead atoms. The first-order chi connectivity index (χ1) is 20.1. The fourth-order valence-corrected chi connectivity index (χ4v) is 7.54. The van der Waals surface area contributed by atoms with E-state index in [0.717, 1.165) is 42.4 Å². The molecule has 1 saturated carbocycles. The van der Waals surface area contributed by atoms with E-state index < -0.39 is 5.41 Å². The van der Waals surface area contributed by atoms with Crippen LogP contribution in [0.1, 0.15) is 103 Å². The minimum atomic E-state index is -0.684. The van der Waals surface area contributed by atoms with Crippen molar-refractivity contribution >= 4 is 17.6 Å². The first-order valence-corrected chi connectivity index (χ1v) is 15.5. The molecule has 0 spiro atoms. The highest BCUT2D eigenvalue weighted by molar-refractivity contribution is 6.10. The summed E-state index contributed by atoms with van der Waals surface area (Å²) < 4.78 is 0. The lowest BCUT2D eigenvalue weighted by atomic mass is 9.64. The van der Waals surface area contributed by atoms with Crippen LogP contribution in [0.2, 0.25) is 0 Å². The minimum Gasteiger partial charge on any atom is -0.330 e. The number of carbonyl (C=O) groups is 2. The molecule has 0 radical (unpaired) electrons. The molecule has 218 valence electrons. The molecule has 5 heteroatoms. The topological polar surface area (TPSA) is 64.5 Å². The van der Waals surface area contributed by atoms with E-state index in [0.29, 0.717) is 37.5 Å². The number of nitrogens with zero attached hydrogens (tertiary/aromatic N) is 2. The number of nitrogens with one attached hydrogen (secondary N) is 1. The predicted molar refractivity (Wildman–Crippen MR) is 167 cm³/mol. The van der Waals surface area contributed by atoms with Crippen molar-refractivity contribution in [3.63, 3.8) is 0 Å². The fourth-order valence-electron chi connectivity index (χ4n) is 7.54. The lowest BCUT2D eigenvalue weighted by Gasteiger charge is -2.38. The van der Waals surface area contributed by atoms with E-state index in [9.17, 15) is 9.59 Å². The van der Waals surface area contributed by atoms with Crippen LogP contribution in [0.3, 0.4) is 0 Å². The quantitative estimate of drug-likeness (QED) is 0.347. The largest absolute Gasteiger partial charge is 0.330 e. The Morgan fingerprint density at radius 1 is 0.929 bits per heavy atom. The third kappa shape index (κ3) is 4.97. The van der Waals surface area contributed by atoms with E-state index in [1.54, 1.807) is 4.90 Å². The summed E-state index contributed by atoms with van der Waals surface area (Å²) in [5.74, 6) is 0.695. The Bertz CT molecular complexity index is 1500. The molecule has 1 unspecified atom stereocenters. The summed E-state index contributed by atoms with van der Waals surface area (Å²) in [4.78, 5) is 32.2. The molecule has 6 rings (SSSR count). The summed E-state index contributed by atoms with van der Waals surface area (Å²) in [6.07, 6.45) is 5.99. The van der Waals surface area contributed by atoms with E-state index in [2.05, 4.69) is 70.2 Å². The highest BCUT2D eigenvalue weighted by Gasteiger charge is 2.55. The number of likely N-dealkylation sites (tertiary alicyclic amines) is 1. The van der Waals surface area contributed by atoms with Gasteiger partial charge in [0.05, 0.1) is 12.0 Å². The van der Waals surface area contributed by atoms with Gasteiger partial charge in [-0.1, -0.05) is 106 Å². The Labute approximate surface area is 250 Å². The van der Waals surface area contributed by atoms with Crippen LogP contribution in [-0.4, -0.2) is 27.4 Å².